The van der Waals surface area contributed by atoms with E-state index < -0.39 is 5.91 Å². The van der Waals surface area contributed by atoms with Crippen LogP contribution in [0, 0.1) is 5.82 Å². The summed E-state index contributed by atoms with van der Waals surface area (Å²) in [5, 5.41) is 0. The van der Waals surface area contributed by atoms with Gasteiger partial charge in [0.1, 0.15) is 18.6 Å². The summed E-state index contributed by atoms with van der Waals surface area (Å²) in [6, 6.07) is 7.88. The standard InChI is InChI=1S/C18H20FN3O4/c19-13-1-3-14(4-2-13)22-7-5-21(6-8-22)10-15-9-16(23)17(11-25-15)26-12-18(20)24/h1-4,9,11H,5-8,10,12H2,(H2,20,24)/p+1. The smallest absolute Gasteiger partial charge is 0.255 e. The summed E-state index contributed by atoms with van der Waals surface area (Å²) in [5.74, 6) is -0.358. The minimum Gasteiger partial charge on any atom is -0.477 e. The molecular weight excluding hydrogens is 341 g/mol. The zero-order valence-corrected chi connectivity index (χ0v) is 14.2. The van der Waals surface area contributed by atoms with Crippen LogP contribution in [0.3, 0.4) is 0 Å². The van der Waals surface area contributed by atoms with Crippen molar-refractivity contribution < 1.29 is 23.2 Å². The molecule has 1 aromatic carbocycles. The van der Waals surface area contributed by atoms with Crippen LogP contribution in [-0.2, 0) is 11.3 Å². The van der Waals surface area contributed by atoms with Crippen molar-refractivity contribution in [3.8, 4) is 5.75 Å². The van der Waals surface area contributed by atoms with E-state index in [2.05, 4.69) is 4.90 Å². The lowest BCUT2D eigenvalue weighted by Crippen LogP contribution is -3.13. The number of benzene rings is 1. The van der Waals surface area contributed by atoms with E-state index in [9.17, 15) is 14.0 Å². The number of ether oxygens (including phenoxy) is 1. The predicted octanol–water partition coefficient (Wildman–Crippen LogP) is -0.452. The highest BCUT2D eigenvalue weighted by Crippen LogP contribution is 2.14. The van der Waals surface area contributed by atoms with Gasteiger partial charge in [0.2, 0.25) is 11.2 Å². The van der Waals surface area contributed by atoms with Gasteiger partial charge in [-0.15, -0.1) is 0 Å². The molecule has 0 unspecified atom stereocenters. The third kappa shape index (κ3) is 4.60. The van der Waals surface area contributed by atoms with Crippen molar-refractivity contribution >= 4 is 11.6 Å². The van der Waals surface area contributed by atoms with Crippen molar-refractivity contribution in [2.24, 2.45) is 5.73 Å². The first-order valence-electron chi connectivity index (χ1n) is 8.38. The van der Waals surface area contributed by atoms with Crippen molar-refractivity contribution in [3.63, 3.8) is 0 Å². The Balaban J connectivity index is 1.54. The van der Waals surface area contributed by atoms with Gasteiger partial charge in [-0.25, -0.2) is 4.39 Å². The summed E-state index contributed by atoms with van der Waals surface area (Å²) in [7, 11) is 0. The van der Waals surface area contributed by atoms with Gasteiger partial charge in [0.25, 0.3) is 5.91 Å². The zero-order chi connectivity index (χ0) is 18.5. The maximum atomic E-state index is 13.0. The number of amides is 1. The Bertz CT molecular complexity index is 814. The first kappa shape index (κ1) is 17.9. The van der Waals surface area contributed by atoms with Crippen LogP contribution in [0.4, 0.5) is 10.1 Å². The summed E-state index contributed by atoms with van der Waals surface area (Å²) < 4.78 is 23.5. The first-order valence-corrected chi connectivity index (χ1v) is 8.38. The van der Waals surface area contributed by atoms with Gasteiger partial charge in [0.15, 0.2) is 12.4 Å². The topological polar surface area (TPSA) is 90.2 Å². The number of nitrogens with one attached hydrogen (secondary N) is 1. The van der Waals surface area contributed by atoms with E-state index in [1.807, 2.05) is 0 Å². The minimum atomic E-state index is -0.656. The van der Waals surface area contributed by atoms with Gasteiger partial charge >= 0.3 is 0 Å². The Hall–Kier alpha value is -2.87. The minimum absolute atomic E-state index is 0.0244. The van der Waals surface area contributed by atoms with Gasteiger partial charge in [-0.1, -0.05) is 0 Å². The molecule has 0 bridgehead atoms. The first-order chi connectivity index (χ1) is 12.5. The quantitative estimate of drug-likeness (QED) is 0.726. The van der Waals surface area contributed by atoms with Crippen molar-refractivity contribution in [2.45, 2.75) is 6.54 Å². The molecule has 138 valence electrons. The number of nitrogens with zero attached hydrogens (tertiary/aromatic N) is 1. The third-order valence-electron chi connectivity index (χ3n) is 4.31. The lowest BCUT2D eigenvalue weighted by Gasteiger charge is -2.33. The van der Waals surface area contributed by atoms with Gasteiger partial charge in [-0.3, -0.25) is 9.59 Å². The van der Waals surface area contributed by atoms with E-state index in [0.717, 1.165) is 31.9 Å². The Morgan fingerprint density at radius 2 is 1.96 bits per heavy atom. The predicted molar refractivity (Wildman–Crippen MR) is 92.7 cm³/mol. The number of nitrogens with two attached hydrogens (primary N) is 1. The van der Waals surface area contributed by atoms with Crippen molar-refractivity contribution in [1.29, 1.82) is 0 Å². The number of hydrogen-bond donors (Lipinski definition) is 2. The second-order valence-corrected chi connectivity index (χ2v) is 6.22. The van der Waals surface area contributed by atoms with Crippen LogP contribution >= 0.6 is 0 Å². The average Bonchev–Trinajstić information content (AvgIpc) is 2.62. The largest absolute Gasteiger partial charge is 0.477 e. The Labute approximate surface area is 149 Å². The van der Waals surface area contributed by atoms with E-state index in [4.69, 9.17) is 14.9 Å². The van der Waals surface area contributed by atoms with Crippen molar-refractivity contribution in [2.75, 3.05) is 37.7 Å². The number of halogens is 1. The van der Waals surface area contributed by atoms with Crippen LogP contribution in [0.5, 0.6) is 5.75 Å². The second kappa shape index (κ2) is 8.01. The number of anilines is 1. The van der Waals surface area contributed by atoms with Crippen molar-refractivity contribution in [3.05, 3.63) is 58.4 Å². The molecule has 1 aromatic heterocycles. The fourth-order valence-corrected chi connectivity index (χ4v) is 2.94. The molecule has 1 aliphatic heterocycles. The van der Waals surface area contributed by atoms with Gasteiger partial charge in [-0.2, -0.15) is 0 Å². The maximum absolute atomic E-state index is 13.0. The highest BCUT2D eigenvalue weighted by molar-refractivity contribution is 5.75. The fraction of sp³-hybridized carbons (Fsp3) is 0.333. The lowest BCUT2D eigenvalue weighted by atomic mass is 10.2. The maximum Gasteiger partial charge on any atom is 0.255 e. The Morgan fingerprint density at radius 3 is 2.58 bits per heavy atom. The molecule has 0 spiro atoms. The normalized spacial score (nSPS) is 15.0. The summed E-state index contributed by atoms with van der Waals surface area (Å²) >= 11 is 0. The fourth-order valence-electron chi connectivity index (χ4n) is 2.94. The van der Waals surface area contributed by atoms with E-state index in [-0.39, 0.29) is 23.6 Å². The molecule has 1 fully saturated rings. The van der Waals surface area contributed by atoms with Crippen molar-refractivity contribution in [1.82, 2.24) is 0 Å². The SMILES string of the molecule is NC(=O)COc1coc(C[NH+]2CCN(c3ccc(F)cc3)CC2)cc1=O. The molecule has 1 amide bonds. The molecule has 2 aromatic rings. The molecule has 7 nitrogen and oxygen atoms in total. The summed E-state index contributed by atoms with van der Waals surface area (Å²) in [6.45, 7) is 3.65. The molecule has 0 atom stereocenters. The molecule has 0 radical (unpaired) electrons. The molecule has 3 rings (SSSR count). The Kier molecular flexibility index (Phi) is 5.52. The monoisotopic (exact) mass is 362 g/mol. The van der Waals surface area contributed by atoms with E-state index >= 15 is 0 Å². The molecule has 2 heterocycles. The number of carbonyl (C=O) groups is 1. The molecule has 1 saturated heterocycles. The molecule has 3 N–H and O–H groups in total. The van der Waals surface area contributed by atoms with Crippen LogP contribution in [0.15, 0.2) is 45.8 Å². The highest BCUT2D eigenvalue weighted by Gasteiger charge is 2.21. The van der Waals surface area contributed by atoms with E-state index in [1.165, 1.54) is 29.4 Å². The number of piperazine rings is 1. The Morgan fingerprint density at radius 1 is 1.27 bits per heavy atom. The molecule has 0 aliphatic carbocycles. The summed E-state index contributed by atoms with van der Waals surface area (Å²) in [5.41, 5.74) is 5.65. The number of primary amides is 1. The second-order valence-electron chi connectivity index (χ2n) is 6.22. The van der Waals surface area contributed by atoms with Crippen LogP contribution in [0.2, 0.25) is 0 Å². The number of rotatable bonds is 6. The summed E-state index contributed by atoms with van der Waals surface area (Å²) in [6.07, 6.45) is 1.22. The average molecular weight is 362 g/mol. The van der Waals surface area contributed by atoms with Crippen LogP contribution in [-0.4, -0.2) is 38.7 Å². The lowest BCUT2D eigenvalue weighted by molar-refractivity contribution is -0.915. The number of carbonyl (C=O) groups excluding carboxylic acids is 1. The van der Waals surface area contributed by atoms with Gasteiger partial charge in [-0.05, 0) is 24.3 Å². The molecule has 26 heavy (non-hydrogen) atoms. The summed E-state index contributed by atoms with van der Waals surface area (Å²) in [4.78, 5) is 26.2. The highest BCUT2D eigenvalue weighted by atomic mass is 19.1. The van der Waals surface area contributed by atoms with Gasteiger partial charge < -0.3 is 24.7 Å². The molecule has 0 saturated carbocycles. The van der Waals surface area contributed by atoms with E-state index in [1.54, 1.807) is 12.1 Å². The number of hydrogen-bond acceptors (Lipinski definition) is 5. The van der Waals surface area contributed by atoms with Crippen LogP contribution in [0.25, 0.3) is 0 Å². The van der Waals surface area contributed by atoms with Crippen LogP contribution < -0.4 is 25.7 Å². The third-order valence-corrected chi connectivity index (χ3v) is 4.31. The van der Waals surface area contributed by atoms with Gasteiger partial charge in [0, 0.05) is 11.8 Å². The zero-order valence-electron chi connectivity index (χ0n) is 14.2. The van der Waals surface area contributed by atoms with Crippen LogP contribution in [0.1, 0.15) is 5.76 Å². The molecular formula is C18H21FN3O4+. The molecule has 1 aliphatic rings. The number of quaternary nitrogens is 1. The molecule has 8 heteroatoms. The van der Waals surface area contributed by atoms with E-state index in [0.29, 0.717) is 12.3 Å². The van der Waals surface area contributed by atoms with Gasteiger partial charge in [0.05, 0.1) is 26.2 Å².